The summed E-state index contributed by atoms with van der Waals surface area (Å²) in [5.41, 5.74) is -0.533. The third-order valence-corrected chi connectivity index (χ3v) is 2.89. The predicted molar refractivity (Wildman–Crippen MR) is 49.0 cm³/mol. The van der Waals surface area contributed by atoms with Crippen LogP contribution in [-0.4, -0.2) is 15.1 Å². The molecule has 72 valence electrons. The number of hydrogen-bond acceptors (Lipinski definition) is 4. The third-order valence-electron chi connectivity index (χ3n) is 2.89. The standard InChI is InChI=1S/C10H11N3O/c1-9(2)6-10(9,14)8-7(5-11)12-3-4-13-8/h3-4,14H,6H2,1-2H3. The summed E-state index contributed by atoms with van der Waals surface area (Å²) in [6.45, 7) is 3.89. The lowest BCUT2D eigenvalue weighted by Gasteiger charge is -2.13. The highest BCUT2D eigenvalue weighted by Crippen LogP contribution is 2.62. The van der Waals surface area contributed by atoms with Gasteiger partial charge in [0.15, 0.2) is 5.69 Å². The van der Waals surface area contributed by atoms with E-state index < -0.39 is 5.60 Å². The molecule has 1 aliphatic rings. The van der Waals surface area contributed by atoms with Crippen LogP contribution in [0.25, 0.3) is 0 Å². The van der Waals surface area contributed by atoms with Gasteiger partial charge in [-0.05, 0) is 6.42 Å². The molecule has 1 aromatic heterocycles. The van der Waals surface area contributed by atoms with Crippen molar-refractivity contribution in [2.45, 2.75) is 25.9 Å². The smallest absolute Gasteiger partial charge is 0.165 e. The fourth-order valence-corrected chi connectivity index (χ4v) is 1.72. The first-order valence-corrected chi connectivity index (χ1v) is 4.45. The number of nitriles is 1. The zero-order valence-corrected chi connectivity index (χ0v) is 8.15. The summed E-state index contributed by atoms with van der Waals surface area (Å²) in [5, 5.41) is 19.0. The molecule has 0 aliphatic heterocycles. The molecule has 1 heterocycles. The maximum atomic E-state index is 10.2. The van der Waals surface area contributed by atoms with Crippen molar-refractivity contribution in [1.82, 2.24) is 9.97 Å². The SMILES string of the molecule is CC1(C)CC1(O)c1nccnc1C#N. The number of hydrogen-bond donors (Lipinski definition) is 1. The van der Waals surface area contributed by atoms with Crippen LogP contribution in [0.2, 0.25) is 0 Å². The van der Waals surface area contributed by atoms with Crippen LogP contribution in [0.3, 0.4) is 0 Å². The number of aromatic nitrogens is 2. The van der Waals surface area contributed by atoms with Gasteiger partial charge in [0, 0.05) is 17.8 Å². The van der Waals surface area contributed by atoms with E-state index in [-0.39, 0.29) is 11.1 Å². The Hall–Kier alpha value is -1.47. The lowest BCUT2D eigenvalue weighted by atomic mass is 10.0. The first kappa shape index (κ1) is 9.10. The first-order chi connectivity index (χ1) is 6.51. The van der Waals surface area contributed by atoms with Crippen molar-refractivity contribution < 1.29 is 5.11 Å². The normalized spacial score (nSPS) is 28.1. The van der Waals surface area contributed by atoms with E-state index in [0.717, 1.165) is 0 Å². The molecule has 0 spiro atoms. The fourth-order valence-electron chi connectivity index (χ4n) is 1.72. The van der Waals surface area contributed by atoms with Crippen LogP contribution in [0, 0.1) is 16.7 Å². The highest BCUT2D eigenvalue weighted by Gasteiger charge is 2.63. The molecule has 0 bridgehead atoms. The summed E-state index contributed by atoms with van der Waals surface area (Å²) in [4.78, 5) is 7.93. The summed E-state index contributed by atoms with van der Waals surface area (Å²) in [6, 6.07) is 1.95. The molecule has 4 heteroatoms. The van der Waals surface area contributed by atoms with Crippen molar-refractivity contribution in [3.63, 3.8) is 0 Å². The van der Waals surface area contributed by atoms with Crippen LogP contribution >= 0.6 is 0 Å². The highest BCUT2D eigenvalue weighted by molar-refractivity contribution is 5.36. The van der Waals surface area contributed by atoms with E-state index in [0.29, 0.717) is 12.1 Å². The molecule has 1 aromatic rings. The topological polar surface area (TPSA) is 69.8 Å². The van der Waals surface area contributed by atoms with Crippen molar-refractivity contribution in [2.75, 3.05) is 0 Å². The van der Waals surface area contributed by atoms with Gasteiger partial charge in [0.1, 0.15) is 17.4 Å². The van der Waals surface area contributed by atoms with Gasteiger partial charge in [0.2, 0.25) is 0 Å². The summed E-state index contributed by atoms with van der Waals surface area (Å²) >= 11 is 0. The van der Waals surface area contributed by atoms with Crippen molar-refractivity contribution in [1.29, 1.82) is 5.26 Å². The molecule has 1 atom stereocenters. The Labute approximate surface area is 82.2 Å². The Bertz CT molecular complexity index is 422. The Balaban J connectivity index is 2.50. The molecular weight excluding hydrogens is 178 g/mol. The predicted octanol–water partition coefficient (Wildman–Crippen LogP) is 0.966. The van der Waals surface area contributed by atoms with E-state index in [1.54, 1.807) is 0 Å². The molecule has 4 nitrogen and oxygen atoms in total. The zero-order valence-electron chi connectivity index (χ0n) is 8.15. The fraction of sp³-hybridized carbons (Fsp3) is 0.500. The summed E-state index contributed by atoms with van der Waals surface area (Å²) in [7, 11) is 0. The Kier molecular flexibility index (Phi) is 1.64. The zero-order chi connectivity index (χ0) is 10.4. The van der Waals surface area contributed by atoms with Gasteiger partial charge >= 0.3 is 0 Å². The number of aliphatic hydroxyl groups is 1. The van der Waals surface area contributed by atoms with Gasteiger partial charge in [0.05, 0.1) is 0 Å². The van der Waals surface area contributed by atoms with Gasteiger partial charge in [-0.3, -0.25) is 4.98 Å². The van der Waals surface area contributed by atoms with Crippen LogP contribution in [0.5, 0.6) is 0 Å². The largest absolute Gasteiger partial charge is 0.383 e. The molecule has 0 saturated heterocycles. The van der Waals surface area contributed by atoms with Crippen LogP contribution in [0.1, 0.15) is 31.7 Å². The van der Waals surface area contributed by atoms with E-state index in [2.05, 4.69) is 9.97 Å². The lowest BCUT2D eigenvalue weighted by Crippen LogP contribution is -2.17. The van der Waals surface area contributed by atoms with Gasteiger partial charge in [-0.2, -0.15) is 5.26 Å². The van der Waals surface area contributed by atoms with Gasteiger partial charge in [0.25, 0.3) is 0 Å². The maximum Gasteiger partial charge on any atom is 0.165 e. The first-order valence-electron chi connectivity index (χ1n) is 4.45. The van der Waals surface area contributed by atoms with E-state index in [9.17, 15) is 5.11 Å². The molecular formula is C10H11N3O. The van der Waals surface area contributed by atoms with E-state index in [1.165, 1.54) is 12.4 Å². The molecule has 1 N–H and O–H groups in total. The molecule has 1 saturated carbocycles. The summed E-state index contributed by atoms with van der Waals surface area (Å²) < 4.78 is 0. The molecule has 0 radical (unpaired) electrons. The number of rotatable bonds is 1. The monoisotopic (exact) mass is 189 g/mol. The molecule has 1 aliphatic carbocycles. The lowest BCUT2D eigenvalue weighted by molar-refractivity contribution is 0.103. The van der Waals surface area contributed by atoms with Crippen molar-refractivity contribution in [2.24, 2.45) is 5.41 Å². The minimum Gasteiger partial charge on any atom is -0.383 e. The van der Waals surface area contributed by atoms with Crippen LogP contribution < -0.4 is 0 Å². The van der Waals surface area contributed by atoms with Crippen molar-refractivity contribution >= 4 is 0 Å². The van der Waals surface area contributed by atoms with Crippen LogP contribution in [0.4, 0.5) is 0 Å². The molecule has 0 amide bonds. The second kappa shape index (κ2) is 2.52. The highest BCUT2D eigenvalue weighted by atomic mass is 16.3. The molecule has 1 unspecified atom stereocenters. The molecule has 1 fully saturated rings. The average Bonchev–Trinajstić information content (AvgIpc) is 2.67. The molecule has 2 rings (SSSR count). The number of nitrogens with zero attached hydrogens (tertiary/aromatic N) is 3. The molecule has 0 aromatic carbocycles. The van der Waals surface area contributed by atoms with Crippen molar-refractivity contribution in [3.05, 3.63) is 23.8 Å². The van der Waals surface area contributed by atoms with Gasteiger partial charge < -0.3 is 5.11 Å². The Morgan fingerprint density at radius 2 is 2.00 bits per heavy atom. The van der Waals surface area contributed by atoms with Gasteiger partial charge in [-0.1, -0.05) is 13.8 Å². The van der Waals surface area contributed by atoms with E-state index in [1.807, 2.05) is 19.9 Å². The Morgan fingerprint density at radius 3 is 2.50 bits per heavy atom. The third kappa shape index (κ3) is 1.03. The van der Waals surface area contributed by atoms with Crippen LogP contribution in [0.15, 0.2) is 12.4 Å². The van der Waals surface area contributed by atoms with Gasteiger partial charge in [-0.15, -0.1) is 0 Å². The summed E-state index contributed by atoms with van der Waals surface area (Å²) in [6.07, 6.45) is 3.59. The van der Waals surface area contributed by atoms with Crippen molar-refractivity contribution in [3.8, 4) is 6.07 Å². The van der Waals surface area contributed by atoms with Crippen LogP contribution in [-0.2, 0) is 5.60 Å². The summed E-state index contributed by atoms with van der Waals surface area (Å²) in [5.74, 6) is 0. The molecule has 14 heavy (non-hydrogen) atoms. The second-order valence-corrected chi connectivity index (χ2v) is 4.29. The minimum absolute atomic E-state index is 0.200. The van der Waals surface area contributed by atoms with Gasteiger partial charge in [-0.25, -0.2) is 4.98 Å². The van der Waals surface area contributed by atoms with E-state index in [4.69, 9.17) is 5.26 Å². The minimum atomic E-state index is -0.966. The average molecular weight is 189 g/mol. The maximum absolute atomic E-state index is 10.2. The van der Waals surface area contributed by atoms with E-state index >= 15 is 0 Å². The second-order valence-electron chi connectivity index (χ2n) is 4.29. The Morgan fingerprint density at radius 1 is 1.43 bits per heavy atom. The quantitative estimate of drug-likeness (QED) is 0.714.